The average molecular weight is 336 g/mol. The number of nitrogens with one attached hydrogen (secondary N) is 2. The molecule has 0 spiro atoms. The quantitative estimate of drug-likeness (QED) is 0.652. The Balaban J connectivity index is 1.71. The zero-order valence-electron chi connectivity index (χ0n) is 12.7. The molecule has 1 fully saturated rings. The van der Waals surface area contributed by atoms with Gasteiger partial charge in [0, 0.05) is 24.3 Å². The van der Waals surface area contributed by atoms with E-state index >= 15 is 0 Å². The van der Waals surface area contributed by atoms with Gasteiger partial charge in [0.2, 0.25) is 5.91 Å². The summed E-state index contributed by atoms with van der Waals surface area (Å²) in [5.74, 6) is -0.310. The van der Waals surface area contributed by atoms with Gasteiger partial charge in [-0.1, -0.05) is 18.2 Å². The number of amides is 2. The van der Waals surface area contributed by atoms with Crippen molar-refractivity contribution >= 4 is 29.5 Å². The minimum absolute atomic E-state index is 0.180. The SMILES string of the molecule is O=C(CCCNC(=O)c1ccccc1)NC1(C(=O)O)CCSC1. The third-order valence-electron chi connectivity index (χ3n) is 3.71. The predicted molar refractivity (Wildman–Crippen MR) is 88.5 cm³/mol. The number of rotatable bonds is 7. The van der Waals surface area contributed by atoms with Gasteiger partial charge in [0.15, 0.2) is 0 Å². The molecule has 0 radical (unpaired) electrons. The van der Waals surface area contributed by atoms with E-state index in [4.69, 9.17) is 0 Å². The Kier molecular flexibility index (Phi) is 6.04. The van der Waals surface area contributed by atoms with Crippen LogP contribution < -0.4 is 10.6 Å². The molecule has 3 N–H and O–H groups in total. The maximum Gasteiger partial charge on any atom is 0.330 e. The summed E-state index contributed by atoms with van der Waals surface area (Å²) >= 11 is 1.53. The highest BCUT2D eigenvalue weighted by Crippen LogP contribution is 2.28. The van der Waals surface area contributed by atoms with Gasteiger partial charge in [-0.05, 0) is 30.7 Å². The highest BCUT2D eigenvalue weighted by Gasteiger charge is 2.43. The number of carboxylic acid groups (broad SMARTS) is 1. The lowest BCUT2D eigenvalue weighted by Crippen LogP contribution is -2.54. The molecule has 6 nitrogen and oxygen atoms in total. The van der Waals surface area contributed by atoms with Gasteiger partial charge in [-0.2, -0.15) is 11.8 Å². The lowest BCUT2D eigenvalue weighted by molar-refractivity contribution is -0.146. The van der Waals surface area contributed by atoms with E-state index < -0.39 is 11.5 Å². The summed E-state index contributed by atoms with van der Waals surface area (Å²) in [6.07, 6.45) is 1.10. The molecule has 2 rings (SSSR count). The molecule has 0 aliphatic carbocycles. The maximum atomic E-state index is 11.9. The van der Waals surface area contributed by atoms with E-state index in [9.17, 15) is 19.5 Å². The molecule has 1 aromatic carbocycles. The standard InChI is InChI=1S/C16H20N2O4S/c19-13(18-16(15(21)22)8-10-23-11-16)7-4-9-17-14(20)12-5-2-1-3-6-12/h1-3,5-6H,4,7-11H2,(H,17,20)(H,18,19)(H,21,22). The molecule has 7 heteroatoms. The first-order valence-electron chi connectivity index (χ1n) is 7.49. The second-order valence-corrected chi connectivity index (χ2v) is 6.57. The maximum absolute atomic E-state index is 11.9. The molecule has 1 aliphatic heterocycles. The van der Waals surface area contributed by atoms with Gasteiger partial charge < -0.3 is 15.7 Å². The van der Waals surface area contributed by atoms with E-state index in [0.717, 1.165) is 5.75 Å². The van der Waals surface area contributed by atoms with Crippen LogP contribution in [-0.2, 0) is 9.59 Å². The van der Waals surface area contributed by atoms with E-state index in [1.165, 1.54) is 11.8 Å². The van der Waals surface area contributed by atoms with Crippen LogP contribution in [0.5, 0.6) is 0 Å². The fourth-order valence-electron chi connectivity index (χ4n) is 2.36. The van der Waals surface area contributed by atoms with Crippen molar-refractivity contribution in [2.45, 2.75) is 24.8 Å². The van der Waals surface area contributed by atoms with Crippen LogP contribution in [0.25, 0.3) is 0 Å². The van der Waals surface area contributed by atoms with Crippen molar-refractivity contribution in [2.75, 3.05) is 18.1 Å². The summed E-state index contributed by atoms with van der Waals surface area (Å²) < 4.78 is 0. The zero-order chi connectivity index (χ0) is 16.7. The van der Waals surface area contributed by atoms with Crippen molar-refractivity contribution in [3.05, 3.63) is 35.9 Å². The van der Waals surface area contributed by atoms with Crippen LogP contribution in [0.4, 0.5) is 0 Å². The van der Waals surface area contributed by atoms with Crippen LogP contribution in [0.2, 0.25) is 0 Å². The number of benzene rings is 1. The van der Waals surface area contributed by atoms with Crippen molar-refractivity contribution in [1.29, 1.82) is 0 Å². The van der Waals surface area contributed by atoms with Gasteiger partial charge in [-0.3, -0.25) is 9.59 Å². The Labute approximate surface area is 139 Å². The molecule has 1 unspecified atom stereocenters. The summed E-state index contributed by atoms with van der Waals surface area (Å²) in [7, 11) is 0. The average Bonchev–Trinajstić information content (AvgIpc) is 3.02. The first kappa shape index (κ1) is 17.3. The predicted octanol–water partition coefficient (Wildman–Crippen LogP) is 1.27. The first-order chi connectivity index (χ1) is 11.0. The minimum Gasteiger partial charge on any atom is -0.479 e. The van der Waals surface area contributed by atoms with E-state index in [2.05, 4.69) is 10.6 Å². The molecule has 0 saturated carbocycles. The fourth-order valence-corrected chi connectivity index (χ4v) is 3.68. The van der Waals surface area contributed by atoms with Crippen molar-refractivity contribution in [1.82, 2.24) is 10.6 Å². The molecule has 1 aromatic rings. The number of carboxylic acids is 1. The number of aliphatic carboxylic acids is 1. The fraction of sp³-hybridized carbons (Fsp3) is 0.438. The van der Waals surface area contributed by atoms with Gasteiger partial charge in [-0.15, -0.1) is 0 Å². The Bertz CT molecular complexity index is 571. The summed E-state index contributed by atoms with van der Waals surface area (Å²) in [6, 6.07) is 8.84. The number of carbonyl (C=O) groups is 3. The van der Waals surface area contributed by atoms with Crippen molar-refractivity contribution in [3.8, 4) is 0 Å². The highest BCUT2D eigenvalue weighted by molar-refractivity contribution is 7.99. The summed E-state index contributed by atoms with van der Waals surface area (Å²) in [5.41, 5.74) is -0.556. The largest absolute Gasteiger partial charge is 0.479 e. The number of hydrogen-bond donors (Lipinski definition) is 3. The van der Waals surface area contributed by atoms with E-state index in [-0.39, 0.29) is 18.2 Å². The zero-order valence-corrected chi connectivity index (χ0v) is 13.5. The molecule has 1 aliphatic rings. The van der Waals surface area contributed by atoms with Gasteiger partial charge in [-0.25, -0.2) is 4.79 Å². The topological polar surface area (TPSA) is 95.5 Å². The molecule has 0 aromatic heterocycles. The lowest BCUT2D eigenvalue weighted by Gasteiger charge is -2.24. The van der Waals surface area contributed by atoms with Crippen LogP contribution in [0.15, 0.2) is 30.3 Å². The van der Waals surface area contributed by atoms with Crippen molar-refractivity contribution in [2.24, 2.45) is 0 Å². The molecule has 1 saturated heterocycles. The molecular formula is C16H20N2O4S. The van der Waals surface area contributed by atoms with Crippen LogP contribution in [-0.4, -0.2) is 46.5 Å². The van der Waals surface area contributed by atoms with Crippen LogP contribution in [0.3, 0.4) is 0 Å². The van der Waals surface area contributed by atoms with E-state index in [1.54, 1.807) is 24.3 Å². The van der Waals surface area contributed by atoms with Crippen molar-refractivity contribution < 1.29 is 19.5 Å². The van der Waals surface area contributed by atoms with E-state index in [0.29, 0.717) is 30.7 Å². The van der Waals surface area contributed by atoms with Gasteiger partial charge in [0.1, 0.15) is 5.54 Å². The smallest absolute Gasteiger partial charge is 0.330 e. The first-order valence-corrected chi connectivity index (χ1v) is 8.64. The Morgan fingerprint density at radius 3 is 2.57 bits per heavy atom. The van der Waals surface area contributed by atoms with Gasteiger partial charge >= 0.3 is 5.97 Å². The monoisotopic (exact) mass is 336 g/mol. The molecular weight excluding hydrogens is 316 g/mol. The number of hydrogen-bond acceptors (Lipinski definition) is 4. The summed E-state index contributed by atoms with van der Waals surface area (Å²) in [4.78, 5) is 35.1. The molecule has 0 bridgehead atoms. The Hall–Kier alpha value is -2.02. The highest BCUT2D eigenvalue weighted by atomic mass is 32.2. The second-order valence-electron chi connectivity index (χ2n) is 5.46. The summed E-state index contributed by atoms with van der Waals surface area (Å²) in [5, 5.41) is 14.7. The minimum atomic E-state index is -1.13. The Morgan fingerprint density at radius 2 is 1.96 bits per heavy atom. The third kappa shape index (κ3) is 4.72. The van der Waals surface area contributed by atoms with E-state index in [1.807, 2.05) is 6.07 Å². The molecule has 124 valence electrons. The normalized spacial score (nSPS) is 20.0. The molecule has 2 amide bonds. The third-order valence-corrected chi connectivity index (χ3v) is 4.90. The molecule has 1 atom stereocenters. The van der Waals surface area contributed by atoms with Crippen LogP contribution >= 0.6 is 11.8 Å². The van der Waals surface area contributed by atoms with Crippen LogP contribution in [0, 0.1) is 0 Å². The van der Waals surface area contributed by atoms with Crippen LogP contribution in [0.1, 0.15) is 29.6 Å². The van der Waals surface area contributed by atoms with Gasteiger partial charge in [0.05, 0.1) is 0 Å². The molecule has 23 heavy (non-hydrogen) atoms. The van der Waals surface area contributed by atoms with Gasteiger partial charge in [0.25, 0.3) is 5.91 Å². The molecule has 1 heterocycles. The summed E-state index contributed by atoms with van der Waals surface area (Å²) in [6.45, 7) is 0.371. The Morgan fingerprint density at radius 1 is 1.22 bits per heavy atom. The lowest BCUT2D eigenvalue weighted by atomic mass is 9.99. The second kappa shape index (κ2) is 8.01. The number of carbonyl (C=O) groups excluding carboxylic acids is 2. The van der Waals surface area contributed by atoms with Crippen molar-refractivity contribution in [3.63, 3.8) is 0 Å². The number of thioether (sulfide) groups is 1.